The Morgan fingerprint density at radius 1 is 1.46 bits per heavy atom. The van der Waals surface area contributed by atoms with E-state index in [4.69, 9.17) is 16.7 Å². The highest BCUT2D eigenvalue weighted by Gasteiger charge is 2.15. The van der Waals surface area contributed by atoms with E-state index in [9.17, 15) is 12.8 Å². The second-order valence-electron chi connectivity index (χ2n) is 2.24. The van der Waals surface area contributed by atoms with E-state index in [1.807, 2.05) is 0 Å². The molecule has 7 heteroatoms. The molecule has 0 saturated heterocycles. The molecule has 0 unspecified atom stereocenters. The lowest BCUT2D eigenvalue weighted by Crippen LogP contribution is -2.13. The molecule has 2 N–H and O–H groups in total. The Morgan fingerprint density at radius 3 is 2.46 bits per heavy atom. The summed E-state index contributed by atoms with van der Waals surface area (Å²) in [5.74, 6) is -0.707. The lowest BCUT2D eigenvalue weighted by atomic mass is 10.3. The molecule has 0 bridgehead atoms. The van der Waals surface area contributed by atoms with Crippen LogP contribution >= 0.6 is 27.5 Å². The van der Waals surface area contributed by atoms with Gasteiger partial charge < -0.3 is 0 Å². The number of nitrogens with two attached hydrogens (primary N) is 1. The molecule has 13 heavy (non-hydrogen) atoms. The van der Waals surface area contributed by atoms with Crippen LogP contribution in [0.1, 0.15) is 0 Å². The van der Waals surface area contributed by atoms with E-state index in [1.54, 1.807) is 0 Å². The van der Waals surface area contributed by atoms with Gasteiger partial charge in [0, 0.05) is 4.47 Å². The lowest BCUT2D eigenvalue weighted by molar-refractivity contribution is 0.595. The summed E-state index contributed by atoms with van der Waals surface area (Å²) >= 11 is 8.24. The summed E-state index contributed by atoms with van der Waals surface area (Å²) in [6, 6.07) is 1.90. The van der Waals surface area contributed by atoms with E-state index in [-0.39, 0.29) is 14.4 Å². The third-order valence-electron chi connectivity index (χ3n) is 1.28. The summed E-state index contributed by atoms with van der Waals surface area (Å²) in [4.78, 5) is -0.237. The van der Waals surface area contributed by atoms with Gasteiger partial charge in [0.1, 0.15) is 5.82 Å². The van der Waals surface area contributed by atoms with Crippen LogP contribution in [0.4, 0.5) is 4.39 Å². The van der Waals surface area contributed by atoms with Crippen LogP contribution in [0.5, 0.6) is 0 Å². The zero-order chi connectivity index (χ0) is 10.2. The fraction of sp³-hybridized carbons (Fsp3) is 0. The van der Waals surface area contributed by atoms with Crippen molar-refractivity contribution in [3.8, 4) is 0 Å². The summed E-state index contributed by atoms with van der Waals surface area (Å²) in [5.41, 5.74) is 0. The van der Waals surface area contributed by atoms with Crippen LogP contribution in [0.25, 0.3) is 0 Å². The zero-order valence-corrected chi connectivity index (χ0v) is 9.25. The first kappa shape index (κ1) is 10.9. The fourth-order valence-corrected chi connectivity index (χ4v) is 2.56. The first-order chi connectivity index (χ1) is 5.82. The van der Waals surface area contributed by atoms with Crippen LogP contribution < -0.4 is 5.14 Å². The third-order valence-corrected chi connectivity index (χ3v) is 3.44. The highest BCUT2D eigenvalue weighted by molar-refractivity contribution is 9.10. The van der Waals surface area contributed by atoms with Crippen LogP contribution in [-0.2, 0) is 10.0 Å². The third kappa shape index (κ3) is 2.40. The number of hydrogen-bond donors (Lipinski definition) is 1. The maximum Gasteiger partial charge on any atom is 0.239 e. The molecular weight excluding hydrogens is 284 g/mol. The maximum atomic E-state index is 12.8. The summed E-state index contributed by atoms with van der Waals surface area (Å²) in [6.07, 6.45) is 0. The normalized spacial score (nSPS) is 11.7. The van der Waals surface area contributed by atoms with Crippen molar-refractivity contribution in [3.05, 3.63) is 27.4 Å². The zero-order valence-electron chi connectivity index (χ0n) is 6.09. The van der Waals surface area contributed by atoms with Gasteiger partial charge in [0.05, 0.1) is 9.92 Å². The minimum Gasteiger partial charge on any atom is -0.225 e. The second kappa shape index (κ2) is 3.53. The Kier molecular flexibility index (Phi) is 2.96. The van der Waals surface area contributed by atoms with E-state index < -0.39 is 15.8 Å². The van der Waals surface area contributed by atoms with Gasteiger partial charge >= 0.3 is 0 Å². The first-order valence-corrected chi connectivity index (χ1v) is 5.71. The quantitative estimate of drug-likeness (QED) is 0.802. The SMILES string of the molecule is NS(=O)(=O)c1cc(Cl)c(F)cc1Br. The van der Waals surface area contributed by atoms with Gasteiger partial charge in [-0.2, -0.15) is 0 Å². The molecule has 0 atom stereocenters. The van der Waals surface area contributed by atoms with Crippen molar-refractivity contribution in [2.45, 2.75) is 4.90 Å². The highest BCUT2D eigenvalue weighted by atomic mass is 79.9. The molecule has 1 aromatic carbocycles. The van der Waals surface area contributed by atoms with Crippen molar-refractivity contribution in [1.29, 1.82) is 0 Å². The van der Waals surface area contributed by atoms with Gasteiger partial charge in [-0.05, 0) is 28.1 Å². The lowest BCUT2D eigenvalue weighted by Gasteiger charge is -2.02. The van der Waals surface area contributed by atoms with Crippen LogP contribution in [0.2, 0.25) is 5.02 Å². The van der Waals surface area contributed by atoms with E-state index in [0.717, 1.165) is 12.1 Å². The molecule has 0 aliphatic carbocycles. The van der Waals surface area contributed by atoms with Crippen molar-refractivity contribution in [2.24, 2.45) is 5.14 Å². The van der Waals surface area contributed by atoms with E-state index in [1.165, 1.54) is 0 Å². The molecule has 0 heterocycles. The van der Waals surface area contributed by atoms with Crippen molar-refractivity contribution in [2.75, 3.05) is 0 Å². The van der Waals surface area contributed by atoms with Crippen LogP contribution in [0, 0.1) is 5.82 Å². The summed E-state index contributed by atoms with van der Waals surface area (Å²) in [6.45, 7) is 0. The smallest absolute Gasteiger partial charge is 0.225 e. The minimum atomic E-state index is -3.87. The van der Waals surface area contributed by atoms with E-state index in [0.29, 0.717) is 0 Å². The summed E-state index contributed by atoms with van der Waals surface area (Å²) in [5, 5.41) is 4.55. The molecule has 0 radical (unpaired) electrons. The number of benzene rings is 1. The van der Waals surface area contributed by atoms with Crippen LogP contribution in [-0.4, -0.2) is 8.42 Å². The molecule has 0 spiro atoms. The van der Waals surface area contributed by atoms with Crippen molar-refractivity contribution >= 4 is 37.6 Å². The largest absolute Gasteiger partial charge is 0.239 e. The number of hydrogen-bond acceptors (Lipinski definition) is 2. The summed E-state index contributed by atoms with van der Waals surface area (Å²) in [7, 11) is -3.87. The van der Waals surface area contributed by atoms with Crippen molar-refractivity contribution in [3.63, 3.8) is 0 Å². The minimum absolute atomic E-state index is 0.0527. The molecule has 3 nitrogen and oxygen atoms in total. The number of primary sulfonamides is 1. The number of rotatable bonds is 1. The van der Waals surface area contributed by atoms with Gasteiger partial charge in [-0.1, -0.05) is 11.6 Å². The van der Waals surface area contributed by atoms with Crippen molar-refractivity contribution < 1.29 is 12.8 Å². The predicted molar refractivity (Wildman–Crippen MR) is 50.5 cm³/mol. The molecule has 72 valence electrons. The van der Waals surface area contributed by atoms with Crippen molar-refractivity contribution in [1.82, 2.24) is 0 Å². The summed E-state index contributed by atoms with van der Waals surface area (Å²) < 4.78 is 34.6. The van der Waals surface area contributed by atoms with Gasteiger partial charge in [0.25, 0.3) is 0 Å². The van der Waals surface area contributed by atoms with Gasteiger partial charge in [0.2, 0.25) is 10.0 Å². The molecule has 0 fully saturated rings. The number of sulfonamides is 1. The highest BCUT2D eigenvalue weighted by Crippen LogP contribution is 2.26. The molecule has 0 aliphatic heterocycles. The maximum absolute atomic E-state index is 12.8. The Bertz CT molecular complexity index is 448. The monoisotopic (exact) mass is 287 g/mol. The Hall–Kier alpha value is -0.170. The average molecular weight is 289 g/mol. The van der Waals surface area contributed by atoms with E-state index >= 15 is 0 Å². The molecule has 1 aromatic rings. The standard InChI is InChI=1S/C6H4BrClFNO2S/c7-3-1-5(9)4(8)2-6(3)13(10,11)12/h1-2H,(H2,10,11,12). The predicted octanol–water partition coefficient (Wildman–Crippen LogP) is 1.89. The Labute approximate surface area is 87.9 Å². The second-order valence-corrected chi connectivity index (χ2v) is 5.03. The number of halogens is 3. The average Bonchev–Trinajstić information content (AvgIpc) is 1.94. The molecule has 0 aliphatic rings. The van der Waals surface area contributed by atoms with Gasteiger partial charge in [-0.3, -0.25) is 0 Å². The molecule has 0 saturated carbocycles. The van der Waals surface area contributed by atoms with Gasteiger partial charge in [-0.25, -0.2) is 17.9 Å². The molecule has 0 aromatic heterocycles. The molecule has 1 rings (SSSR count). The van der Waals surface area contributed by atoms with Gasteiger partial charge in [-0.15, -0.1) is 0 Å². The Balaban J connectivity index is 3.50. The van der Waals surface area contributed by atoms with E-state index in [2.05, 4.69) is 15.9 Å². The first-order valence-electron chi connectivity index (χ1n) is 2.99. The fourth-order valence-electron chi connectivity index (χ4n) is 0.722. The molecular formula is C6H4BrClFNO2S. The topological polar surface area (TPSA) is 60.2 Å². The van der Waals surface area contributed by atoms with Crippen LogP contribution in [0.3, 0.4) is 0 Å². The Morgan fingerprint density at radius 2 is 2.00 bits per heavy atom. The van der Waals surface area contributed by atoms with Gasteiger partial charge in [0.15, 0.2) is 0 Å². The van der Waals surface area contributed by atoms with Crippen LogP contribution in [0.15, 0.2) is 21.5 Å². The molecule has 0 amide bonds.